The Morgan fingerprint density at radius 2 is 0.889 bits per heavy atom. The molecule has 3 heterocycles. The second-order valence-corrected chi connectivity index (χ2v) is 13.4. The molecule has 6 heteroatoms. The third-order valence-corrected chi connectivity index (χ3v) is 10.2. The quantitative estimate of drug-likeness (QED) is 0.179. The summed E-state index contributed by atoms with van der Waals surface area (Å²) in [6, 6.07) is 57.8. The van der Waals surface area contributed by atoms with E-state index in [2.05, 4.69) is 91.0 Å². The maximum Gasteiger partial charge on any atom is 0.227 e. The number of benzene rings is 8. The average Bonchev–Trinajstić information content (AvgIpc) is 3.86. The predicted molar refractivity (Wildman–Crippen MR) is 217 cm³/mol. The van der Waals surface area contributed by atoms with Crippen LogP contribution in [-0.4, -0.2) is 19.9 Å². The van der Waals surface area contributed by atoms with Crippen molar-refractivity contribution in [2.45, 2.75) is 0 Å². The number of furan rings is 1. The summed E-state index contributed by atoms with van der Waals surface area (Å²) >= 11 is 0. The topological polar surface area (TPSA) is 77.8 Å². The van der Waals surface area contributed by atoms with E-state index in [-0.39, 0.29) is 0 Å². The highest BCUT2D eigenvalue weighted by Crippen LogP contribution is 2.41. The van der Waals surface area contributed by atoms with Crippen LogP contribution in [0.1, 0.15) is 0 Å². The van der Waals surface area contributed by atoms with Gasteiger partial charge in [0.15, 0.2) is 23.1 Å². The van der Waals surface area contributed by atoms with Gasteiger partial charge in [0, 0.05) is 27.6 Å². The third-order valence-electron chi connectivity index (χ3n) is 10.2. The fraction of sp³-hybridized carbons (Fsp3) is 0. The van der Waals surface area contributed by atoms with Gasteiger partial charge in [-0.2, -0.15) is 0 Å². The minimum absolute atomic E-state index is 0.574. The van der Waals surface area contributed by atoms with Gasteiger partial charge in [0.05, 0.1) is 5.39 Å². The van der Waals surface area contributed by atoms with E-state index in [1.54, 1.807) is 0 Å². The molecule has 6 nitrogen and oxygen atoms in total. The first-order chi connectivity index (χ1) is 26.7. The van der Waals surface area contributed by atoms with Crippen LogP contribution in [0, 0.1) is 0 Å². The normalized spacial score (nSPS) is 11.7. The van der Waals surface area contributed by atoms with Crippen molar-refractivity contribution in [3.05, 3.63) is 170 Å². The lowest BCUT2D eigenvalue weighted by Gasteiger charge is -2.11. The molecule has 11 rings (SSSR count). The van der Waals surface area contributed by atoms with E-state index in [1.807, 2.05) is 78.9 Å². The highest BCUT2D eigenvalue weighted by atomic mass is 16.4. The van der Waals surface area contributed by atoms with Crippen molar-refractivity contribution in [1.82, 2.24) is 19.9 Å². The van der Waals surface area contributed by atoms with Crippen LogP contribution < -0.4 is 0 Å². The minimum Gasteiger partial charge on any atom is -0.456 e. The molecule has 54 heavy (non-hydrogen) atoms. The standard InChI is InChI=1S/C48H28N4O2/c1-3-11-32(12-4-1)45-50-46(33-21-18-30(19-22-33)37-17-9-15-29-10-7-8-16-36(29)37)52-47(51-45)35-23-20-31-24-25-39-42(38(31)28-35)43-40(53-39)26-27-41-44(43)49-48(54-41)34-13-5-2-6-14-34/h1-28H. The van der Waals surface area contributed by atoms with Crippen LogP contribution in [0.2, 0.25) is 0 Å². The lowest BCUT2D eigenvalue weighted by molar-refractivity contribution is 0.619. The number of fused-ring (bicyclic) bond motifs is 8. The summed E-state index contributed by atoms with van der Waals surface area (Å²) in [5.41, 5.74) is 8.95. The van der Waals surface area contributed by atoms with Gasteiger partial charge in [0.2, 0.25) is 5.89 Å². The Balaban J connectivity index is 1.08. The number of hydrogen-bond donors (Lipinski definition) is 0. The van der Waals surface area contributed by atoms with E-state index in [0.29, 0.717) is 28.9 Å². The van der Waals surface area contributed by atoms with E-state index in [9.17, 15) is 0 Å². The molecule has 8 aromatic carbocycles. The van der Waals surface area contributed by atoms with E-state index in [4.69, 9.17) is 28.8 Å². The Kier molecular flexibility index (Phi) is 6.75. The zero-order chi connectivity index (χ0) is 35.6. The monoisotopic (exact) mass is 692 g/mol. The molecule has 0 radical (unpaired) electrons. The van der Waals surface area contributed by atoms with E-state index >= 15 is 0 Å². The van der Waals surface area contributed by atoms with Gasteiger partial charge in [0.1, 0.15) is 16.7 Å². The van der Waals surface area contributed by atoms with E-state index in [1.165, 1.54) is 16.3 Å². The molecular formula is C48H28N4O2. The van der Waals surface area contributed by atoms with Gasteiger partial charge in [-0.05, 0) is 69.1 Å². The molecule has 11 aromatic rings. The number of hydrogen-bond acceptors (Lipinski definition) is 6. The molecule has 0 unspecified atom stereocenters. The van der Waals surface area contributed by atoms with Crippen LogP contribution in [0.4, 0.5) is 0 Å². The molecule has 0 N–H and O–H groups in total. The molecule has 252 valence electrons. The Bertz CT molecular complexity index is 3200. The van der Waals surface area contributed by atoms with Crippen molar-refractivity contribution < 1.29 is 8.83 Å². The molecule has 0 aliphatic rings. The summed E-state index contributed by atoms with van der Waals surface area (Å²) in [6.45, 7) is 0. The van der Waals surface area contributed by atoms with Gasteiger partial charge in [-0.1, -0.05) is 133 Å². The van der Waals surface area contributed by atoms with E-state index in [0.717, 1.165) is 66.0 Å². The first-order valence-corrected chi connectivity index (χ1v) is 17.9. The van der Waals surface area contributed by atoms with Gasteiger partial charge in [0.25, 0.3) is 0 Å². The highest BCUT2D eigenvalue weighted by Gasteiger charge is 2.20. The van der Waals surface area contributed by atoms with Gasteiger partial charge in [-0.15, -0.1) is 0 Å². The second-order valence-electron chi connectivity index (χ2n) is 13.4. The van der Waals surface area contributed by atoms with Crippen molar-refractivity contribution >= 4 is 54.6 Å². The zero-order valence-electron chi connectivity index (χ0n) is 28.8. The Hall–Kier alpha value is -7.44. The summed E-state index contributed by atoms with van der Waals surface area (Å²) in [6.07, 6.45) is 0. The fourth-order valence-corrected chi connectivity index (χ4v) is 7.53. The van der Waals surface area contributed by atoms with Crippen LogP contribution >= 0.6 is 0 Å². The smallest absolute Gasteiger partial charge is 0.227 e. The summed E-state index contributed by atoms with van der Waals surface area (Å²) in [5, 5.41) is 6.42. The molecule has 0 atom stereocenters. The van der Waals surface area contributed by atoms with Crippen LogP contribution in [0.25, 0.3) is 111 Å². The zero-order valence-corrected chi connectivity index (χ0v) is 28.8. The minimum atomic E-state index is 0.574. The molecule has 0 fully saturated rings. The molecule has 0 bridgehead atoms. The molecule has 3 aromatic heterocycles. The first-order valence-electron chi connectivity index (χ1n) is 17.9. The number of oxazole rings is 1. The molecule has 0 amide bonds. The Labute approximate surface area is 309 Å². The predicted octanol–water partition coefficient (Wildman–Crippen LogP) is 12.6. The van der Waals surface area contributed by atoms with Crippen molar-refractivity contribution in [2.24, 2.45) is 0 Å². The maximum absolute atomic E-state index is 6.43. The van der Waals surface area contributed by atoms with Crippen molar-refractivity contribution in [3.63, 3.8) is 0 Å². The van der Waals surface area contributed by atoms with Crippen molar-refractivity contribution in [2.75, 3.05) is 0 Å². The van der Waals surface area contributed by atoms with E-state index < -0.39 is 0 Å². The largest absolute Gasteiger partial charge is 0.456 e. The Morgan fingerprint density at radius 1 is 0.333 bits per heavy atom. The summed E-state index contributed by atoms with van der Waals surface area (Å²) in [4.78, 5) is 20.1. The Morgan fingerprint density at radius 3 is 1.69 bits per heavy atom. The van der Waals surface area contributed by atoms with Gasteiger partial charge in [-0.25, -0.2) is 19.9 Å². The molecule has 0 aliphatic carbocycles. The van der Waals surface area contributed by atoms with Crippen LogP contribution in [-0.2, 0) is 0 Å². The van der Waals surface area contributed by atoms with Gasteiger partial charge >= 0.3 is 0 Å². The number of rotatable bonds is 5. The average molecular weight is 693 g/mol. The fourth-order valence-electron chi connectivity index (χ4n) is 7.53. The third kappa shape index (κ3) is 4.96. The maximum atomic E-state index is 6.43. The van der Waals surface area contributed by atoms with Gasteiger partial charge in [-0.3, -0.25) is 0 Å². The molecule has 0 spiro atoms. The number of nitrogens with zero attached hydrogens (tertiary/aromatic N) is 4. The molecule has 0 saturated heterocycles. The van der Waals surface area contributed by atoms with Crippen molar-refractivity contribution in [3.8, 4) is 56.7 Å². The molecule has 0 saturated carbocycles. The SMILES string of the molecule is c1ccc(-c2nc(-c3ccc(-c4cccc5ccccc45)cc3)nc(-c3ccc4ccc5oc6ccc7oc(-c8ccccc8)nc7c6c5c4c3)n2)cc1. The lowest BCUT2D eigenvalue weighted by Crippen LogP contribution is -2.00. The second kappa shape index (κ2) is 12.1. The molecular weight excluding hydrogens is 665 g/mol. The van der Waals surface area contributed by atoms with Crippen molar-refractivity contribution in [1.29, 1.82) is 0 Å². The summed E-state index contributed by atoms with van der Waals surface area (Å²) < 4.78 is 12.7. The highest BCUT2D eigenvalue weighted by molar-refractivity contribution is 6.25. The summed E-state index contributed by atoms with van der Waals surface area (Å²) in [7, 11) is 0. The van der Waals surface area contributed by atoms with Gasteiger partial charge < -0.3 is 8.83 Å². The van der Waals surface area contributed by atoms with Crippen LogP contribution in [0.3, 0.4) is 0 Å². The van der Waals surface area contributed by atoms with Crippen LogP contribution in [0.15, 0.2) is 179 Å². The first kappa shape index (κ1) is 30.2. The molecule has 0 aliphatic heterocycles. The van der Waals surface area contributed by atoms with Crippen LogP contribution in [0.5, 0.6) is 0 Å². The summed E-state index contributed by atoms with van der Waals surface area (Å²) in [5.74, 6) is 2.37. The lowest BCUT2D eigenvalue weighted by atomic mass is 9.97. The number of aromatic nitrogens is 4.